The van der Waals surface area contributed by atoms with E-state index in [1.54, 1.807) is 18.2 Å². The van der Waals surface area contributed by atoms with Crippen molar-refractivity contribution in [2.75, 3.05) is 5.32 Å². The molecule has 0 saturated heterocycles. The van der Waals surface area contributed by atoms with Gasteiger partial charge in [-0.25, -0.2) is 4.79 Å². The van der Waals surface area contributed by atoms with Gasteiger partial charge in [0.05, 0.1) is 17.4 Å². The smallest absolute Gasteiger partial charge is 0.337 e. The largest absolute Gasteiger partial charge is 0.478 e. The summed E-state index contributed by atoms with van der Waals surface area (Å²) in [5.74, 6) is -1.54. The third kappa shape index (κ3) is 3.43. The van der Waals surface area contributed by atoms with Crippen molar-refractivity contribution in [1.29, 1.82) is 0 Å². The SMILES string of the molecule is O=C(Nc1cnccc1C(=O)O)c1cc(Br)cc(Br)c1. The van der Waals surface area contributed by atoms with Gasteiger partial charge in [0.2, 0.25) is 0 Å². The first-order valence-electron chi connectivity index (χ1n) is 5.42. The van der Waals surface area contributed by atoms with Crippen LogP contribution in [0.15, 0.2) is 45.6 Å². The molecule has 102 valence electrons. The Morgan fingerprint density at radius 2 is 1.80 bits per heavy atom. The van der Waals surface area contributed by atoms with E-state index < -0.39 is 11.9 Å². The van der Waals surface area contributed by atoms with Crippen LogP contribution in [0.25, 0.3) is 0 Å². The first-order chi connectivity index (χ1) is 9.47. The highest BCUT2D eigenvalue weighted by molar-refractivity contribution is 9.11. The number of pyridine rings is 1. The average Bonchev–Trinajstić information content (AvgIpc) is 2.37. The van der Waals surface area contributed by atoms with E-state index in [0.717, 1.165) is 8.95 Å². The van der Waals surface area contributed by atoms with Crippen LogP contribution in [0.1, 0.15) is 20.7 Å². The number of hydrogen-bond donors (Lipinski definition) is 2. The lowest BCUT2D eigenvalue weighted by Gasteiger charge is -2.08. The van der Waals surface area contributed by atoms with Crippen LogP contribution in [-0.4, -0.2) is 22.0 Å². The van der Waals surface area contributed by atoms with Crippen molar-refractivity contribution in [3.05, 3.63) is 56.7 Å². The van der Waals surface area contributed by atoms with Crippen LogP contribution in [0.3, 0.4) is 0 Å². The van der Waals surface area contributed by atoms with Gasteiger partial charge in [0, 0.05) is 20.7 Å². The summed E-state index contributed by atoms with van der Waals surface area (Å²) in [5.41, 5.74) is 0.537. The molecule has 20 heavy (non-hydrogen) atoms. The van der Waals surface area contributed by atoms with Crippen molar-refractivity contribution in [3.8, 4) is 0 Å². The fourth-order valence-corrected chi connectivity index (χ4v) is 2.85. The number of benzene rings is 1. The van der Waals surface area contributed by atoms with Crippen LogP contribution >= 0.6 is 31.9 Å². The Morgan fingerprint density at radius 1 is 1.15 bits per heavy atom. The molecule has 0 aliphatic carbocycles. The zero-order valence-corrected chi connectivity index (χ0v) is 13.1. The van der Waals surface area contributed by atoms with Crippen molar-refractivity contribution in [2.24, 2.45) is 0 Å². The minimum Gasteiger partial charge on any atom is -0.478 e. The number of nitrogens with one attached hydrogen (secondary N) is 1. The minimum absolute atomic E-state index is 0.0117. The Kier molecular flexibility index (Phi) is 4.51. The molecule has 5 nitrogen and oxygen atoms in total. The monoisotopic (exact) mass is 398 g/mol. The van der Waals surface area contributed by atoms with E-state index in [9.17, 15) is 9.59 Å². The molecule has 2 N–H and O–H groups in total. The number of amides is 1. The molecule has 0 radical (unpaired) electrons. The van der Waals surface area contributed by atoms with Crippen molar-refractivity contribution >= 4 is 49.4 Å². The van der Waals surface area contributed by atoms with Gasteiger partial charge < -0.3 is 10.4 Å². The number of nitrogens with zero attached hydrogens (tertiary/aromatic N) is 1. The van der Waals surface area contributed by atoms with Gasteiger partial charge in [0.25, 0.3) is 5.91 Å². The maximum Gasteiger partial charge on any atom is 0.337 e. The van der Waals surface area contributed by atoms with Gasteiger partial charge in [-0.05, 0) is 24.3 Å². The van der Waals surface area contributed by atoms with Gasteiger partial charge in [-0.2, -0.15) is 0 Å². The summed E-state index contributed by atoms with van der Waals surface area (Å²) < 4.78 is 1.48. The van der Waals surface area contributed by atoms with Crippen LogP contribution in [0.5, 0.6) is 0 Å². The first kappa shape index (κ1) is 14.7. The average molecular weight is 400 g/mol. The summed E-state index contributed by atoms with van der Waals surface area (Å²) in [6, 6.07) is 6.39. The van der Waals surface area contributed by atoms with E-state index >= 15 is 0 Å². The second kappa shape index (κ2) is 6.15. The molecule has 0 unspecified atom stereocenters. The molecule has 0 atom stereocenters. The lowest BCUT2D eigenvalue weighted by atomic mass is 10.2. The number of halogens is 2. The summed E-state index contributed by atoms with van der Waals surface area (Å²) in [6.07, 6.45) is 2.66. The van der Waals surface area contributed by atoms with Gasteiger partial charge in [-0.1, -0.05) is 31.9 Å². The zero-order valence-electron chi connectivity index (χ0n) is 9.93. The molecule has 0 aliphatic heterocycles. The van der Waals surface area contributed by atoms with E-state index in [1.807, 2.05) is 0 Å². The first-order valence-corrected chi connectivity index (χ1v) is 7.00. The van der Waals surface area contributed by atoms with Gasteiger partial charge in [0.1, 0.15) is 0 Å². The van der Waals surface area contributed by atoms with E-state index in [-0.39, 0.29) is 11.3 Å². The lowest BCUT2D eigenvalue weighted by molar-refractivity contribution is 0.0698. The number of aromatic carboxylic acids is 1. The summed E-state index contributed by atoms with van der Waals surface area (Å²) >= 11 is 6.58. The molecule has 0 bridgehead atoms. The molecule has 1 aromatic carbocycles. The molecule has 0 saturated carbocycles. The Morgan fingerprint density at radius 3 is 2.40 bits per heavy atom. The van der Waals surface area contributed by atoms with Crippen LogP contribution < -0.4 is 5.32 Å². The van der Waals surface area contributed by atoms with Gasteiger partial charge in [-0.3, -0.25) is 9.78 Å². The predicted molar refractivity (Wildman–Crippen MR) is 81.0 cm³/mol. The fourth-order valence-electron chi connectivity index (χ4n) is 1.56. The Bertz CT molecular complexity index is 669. The Balaban J connectivity index is 2.30. The minimum atomic E-state index is -1.13. The number of anilines is 1. The van der Waals surface area contributed by atoms with Gasteiger partial charge in [-0.15, -0.1) is 0 Å². The van der Waals surface area contributed by atoms with Crippen LogP contribution in [-0.2, 0) is 0 Å². The molecule has 0 fully saturated rings. The van der Waals surface area contributed by atoms with Crippen LogP contribution in [0, 0.1) is 0 Å². The standard InChI is InChI=1S/C13H8Br2N2O3/c14-8-3-7(4-9(15)5-8)12(18)17-11-6-16-2-1-10(11)13(19)20/h1-6H,(H,17,18)(H,19,20). The Labute approximate surface area is 131 Å². The van der Waals surface area contributed by atoms with Crippen LogP contribution in [0.4, 0.5) is 5.69 Å². The molecule has 2 aromatic rings. The molecule has 0 spiro atoms. The number of rotatable bonds is 3. The van der Waals surface area contributed by atoms with E-state index in [0.29, 0.717) is 5.56 Å². The van der Waals surface area contributed by atoms with E-state index in [2.05, 4.69) is 42.2 Å². The number of aromatic nitrogens is 1. The highest BCUT2D eigenvalue weighted by Gasteiger charge is 2.14. The van der Waals surface area contributed by atoms with Crippen molar-refractivity contribution in [2.45, 2.75) is 0 Å². The summed E-state index contributed by atoms with van der Waals surface area (Å²) in [7, 11) is 0. The number of carbonyl (C=O) groups excluding carboxylic acids is 1. The normalized spacial score (nSPS) is 10.1. The van der Waals surface area contributed by atoms with Crippen molar-refractivity contribution < 1.29 is 14.7 Å². The maximum absolute atomic E-state index is 12.1. The van der Waals surface area contributed by atoms with Gasteiger partial charge in [0.15, 0.2) is 0 Å². The molecule has 1 amide bonds. The third-order valence-electron chi connectivity index (χ3n) is 2.42. The molecule has 0 aliphatic rings. The fraction of sp³-hybridized carbons (Fsp3) is 0. The van der Waals surface area contributed by atoms with Crippen molar-refractivity contribution in [1.82, 2.24) is 4.98 Å². The van der Waals surface area contributed by atoms with Crippen molar-refractivity contribution in [3.63, 3.8) is 0 Å². The molecular formula is C13H8Br2N2O3. The zero-order chi connectivity index (χ0) is 14.7. The van der Waals surface area contributed by atoms with E-state index in [1.165, 1.54) is 18.5 Å². The quantitative estimate of drug-likeness (QED) is 0.826. The second-order valence-corrected chi connectivity index (χ2v) is 5.67. The number of carbonyl (C=O) groups is 2. The van der Waals surface area contributed by atoms with E-state index in [4.69, 9.17) is 5.11 Å². The highest BCUT2D eigenvalue weighted by atomic mass is 79.9. The third-order valence-corrected chi connectivity index (χ3v) is 3.34. The molecule has 7 heteroatoms. The predicted octanol–water partition coefficient (Wildman–Crippen LogP) is 3.56. The molecular weight excluding hydrogens is 392 g/mol. The lowest BCUT2D eigenvalue weighted by Crippen LogP contribution is -2.15. The Hall–Kier alpha value is -1.73. The topological polar surface area (TPSA) is 79.3 Å². The molecule has 1 aromatic heterocycles. The number of carboxylic acids is 1. The van der Waals surface area contributed by atoms with Gasteiger partial charge >= 0.3 is 5.97 Å². The summed E-state index contributed by atoms with van der Waals surface area (Å²) in [5, 5.41) is 11.6. The summed E-state index contributed by atoms with van der Waals surface area (Å²) in [4.78, 5) is 27.0. The summed E-state index contributed by atoms with van der Waals surface area (Å²) in [6.45, 7) is 0. The van der Waals surface area contributed by atoms with Crippen LogP contribution in [0.2, 0.25) is 0 Å². The molecule has 1 heterocycles. The second-order valence-electron chi connectivity index (χ2n) is 3.84. The number of hydrogen-bond acceptors (Lipinski definition) is 3. The number of carboxylic acid groups (broad SMARTS) is 1. The molecule has 2 rings (SSSR count). The highest BCUT2D eigenvalue weighted by Crippen LogP contribution is 2.21. The maximum atomic E-state index is 12.1.